The Morgan fingerprint density at radius 3 is 2.81 bits per heavy atom. The van der Waals surface area contributed by atoms with E-state index >= 15 is 0 Å². The molecule has 1 nitrogen and oxygen atoms in total. The summed E-state index contributed by atoms with van der Waals surface area (Å²) < 4.78 is 1.37. The normalized spacial score (nSPS) is 11.8. The number of H-pyrrole nitrogens is 1. The van der Waals surface area contributed by atoms with Crippen molar-refractivity contribution in [1.29, 1.82) is 0 Å². The van der Waals surface area contributed by atoms with E-state index in [4.69, 9.17) is 0 Å². The van der Waals surface area contributed by atoms with Gasteiger partial charge in [0.2, 0.25) is 0 Å². The number of hydrogen-bond donors (Lipinski definition) is 1. The first kappa shape index (κ1) is 8.36. The van der Waals surface area contributed by atoms with Gasteiger partial charge in [0.15, 0.2) is 0 Å². The van der Waals surface area contributed by atoms with Crippen LogP contribution in [0.3, 0.4) is 0 Å². The number of rotatable bonds is 0. The fourth-order valence-corrected chi connectivity index (χ4v) is 3.29. The van der Waals surface area contributed by atoms with Gasteiger partial charge in [0.1, 0.15) is 0 Å². The summed E-state index contributed by atoms with van der Waals surface area (Å²) in [5, 5.41) is 6.16. The lowest BCUT2D eigenvalue weighted by Crippen LogP contribution is -1.73. The highest BCUT2D eigenvalue weighted by molar-refractivity contribution is 7.18. The molecule has 4 rings (SSSR count). The van der Waals surface area contributed by atoms with Crippen LogP contribution in [-0.2, 0) is 0 Å². The van der Waals surface area contributed by atoms with E-state index < -0.39 is 0 Å². The Morgan fingerprint density at radius 1 is 0.875 bits per heavy atom. The Morgan fingerprint density at radius 2 is 1.81 bits per heavy atom. The SMILES string of the molecule is c1ccc2c(c1)ccc1[nH]c3ccsc3c12. The molecule has 0 saturated carbocycles. The summed E-state index contributed by atoms with van der Waals surface area (Å²) in [6, 6.07) is 15.1. The molecule has 0 aliphatic carbocycles. The van der Waals surface area contributed by atoms with Gasteiger partial charge in [-0.15, -0.1) is 11.3 Å². The van der Waals surface area contributed by atoms with Gasteiger partial charge in [-0.2, -0.15) is 0 Å². The van der Waals surface area contributed by atoms with Crippen molar-refractivity contribution in [1.82, 2.24) is 4.98 Å². The zero-order valence-corrected chi connectivity index (χ0v) is 9.34. The molecule has 0 atom stereocenters. The number of aromatic amines is 1. The van der Waals surface area contributed by atoms with Crippen LogP contribution in [0.15, 0.2) is 47.8 Å². The highest BCUT2D eigenvalue weighted by Gasteiger charge is 2.07. The van der Waals surface area contributed by atoms with Crippen molar-refractivity contribution < 1.29 is 0 Å². The lowest BCUT2D eigenvalue weighted by atomic mass is 10.1. The molecule has 2 heteroatoms. The van der Waals surface area contributed by atoms with Gasteiger partial charge in [0.25, 0.3) is 0 Å². The average Bonchev–Trinajstić information content (AvgIpc) is 2.88. The average molecular weight is 223 g/mol. The molecule has 0 saturated heterocycles. The lowest BCUT2D eigenvalue weighted by Gasteiger charge is -1.98. The molecule has 0 radical (unpaired) electrons. The van der Waals surface area contributed by atoms with E-state index in [2.05, 4.69) is 52.8 Å². The molecule has 4 aromatic rings. The van der Waals surface area contributed by atoms with Crippen LogP contribution in [0, 0.1) is 0 Å². The van der Waals surface area contributed by atoms with E-state index in [9.17, 15) is 0 Å². The molecule has 1 N–H and O–H groups in total. The minimum Gasteiger partial charge on any atom is -0.354 e. The van der Waals surface area contributed by atoms with Crippen molar-refractivity contribution in [3.63, 3.8) is 0 Å². The van der Waals surface area contributed by atoms with Gasteiger partial charge in [-0.05, 0) is 28.3 Å². The predicted molar refractivity (Wildman–Crippen MR) is 71.2 cm³/mol. The van der Waals surface area contributed by atoms with Gasteiger partial charge in [-0.25, -0.2) is 0 Å². The Balaban J connectivity index is 2.41. The van der Waals surface area contributed by atoms with Crippen molar-refractivity contribution in [3.05, 3.63) is 47.8 Å². The predicted octanol–water partition coefficient (Wildman–Crippen LogP) is 4.54. The first-order valence-electron chi connectivity index (χ1n) is 5.30. The third-order valence-electron chi connectivity index (χ3n) is 3.09. The van der Waals surface area contributed by atoms with Crippen LogP contribution in [0.25, 0.3) is 31.9 Å². The molecule has 0 spiro atoms. The third kappa shape index (κ3) is 0.947. The van der Waals surface area contributed by atoms with E-state index in [-0.39, 0.29) is 0 Å². The van der Waals surface area contributed by atoms with Gasteiger partial charge in [0, 0.05) is 10.9 Å². The minimum atomic E-state index is 1.24. The molecule has 2 aromatic carbocycles. The largest absolute Gasteiger partial charge is 0.354 e. The highest BCUT2D eigenvalue weighted by atomic mass is 32.1. The maximum atomic E-state index is 3.46. The van der Waals surface area contributed by atoms with Gasteiger partial charge >= 0.3 is 0 Å². The Labute approximate surface area is 96.3 Å². The summed E-state index contributed by atoms with van der Waals surface area (Å²) in [6.45, 7) is 0. The summed E-state index contributed by atoms with van der Waals surface area (Å²) in [6.07, 6.45) is 0. The van der Waals surface area contributed by atoms with Crippen molar-refractivity contribution in [3.8, 4) is 0 Å². The standard InChI is InChI=1S/C14H9NS/c1-2-4-10-9(3-1)5-6-11-13(10)14-12(15-11)7-8-16-14/h1-8,15H. The number of aromatic nitrogens is 1. The maximum absolute atomic E-state index is 3.46. The molecular weight excluding hydrogens is 214 g/mol. The zero-order valence-electron chi connectivity index (χ0n) is 8.53. The number of hydrogen-bond acceptors (Lipinski definition) is 1. The van der Waals surface area contributed by atoms with Gasteiger partial charge in [-0.3, -0.25) is 0 Å². The second-order valence-electron chi connectivity index (χ2n) is 4.00. The molecule has 0 bridgehead atoms. The van der Waals surface area contributed by atoms with E-state index in [1.54, 1.807) is 0 Å². The van der Waals surface area contributed by atoms with E-state index in [0.29, 0.717) is 0 Å². The molecule has 0 fully saturated rings. The summed E-state index contributed by atoms with van der Waals surface area (Å²) >= 11 is 1.81. The number of thiophene rings is 1. The Hall–Kier alpha value is -1.80. The number of nitrogens with one attached hydrogen (secondary N) is 1. The highest BCUT2D eigenvalue weighted by Crippen LogP contribution is 2.34. The summed E-state index contributed by atoms with van der Waals surface area (Å²) in [4.78, 5) is 3.46. The first-order valence-corrected chi connectivity index (χ1v) is 6.18. The first-order chi connectivity index (χ1) is 7.93. The van der Waals surface area contributed by atoms with Crippen molar-refractivity contribution in [2.24, 2.45) is 0 Å². The van der Waals surface area contributed by atoms with Crippen molar-refractivity contribution in [2.45, 2.75) is 0 Å². The second kappa shape index (κ2) is 2.86. The van der Waals surface area contributed by atoms with Gasteiger partial charge < -0.3 is 4.98 Å². The smallest absolute Gasteiger partial charge is 0.0604 e. The number of fused-ring (bicyclic) bond motifs is 5. The van der Waals surface area contributed by atoms with Crippen molar-refractivity contribution >= 4 is 43.2 Å². The Bertz CT molecular complexity index is 807. The van der Waals surface area contributed by atoms with Crippen LogP contribution in [0.4, 0.5) is 0 Å². The molecule has 0 aliphatic heterocycles. The topological polar surface area (TPSA) is 15.8 Å². The van der Waals surface area contributed by atoms with Crippen LogP contribution in [0.2, 0.25) is 0 Å². The molecule has 2 heterocycles. The molecule has 76 valence electrons. The van der Waals surface area contributed by atoms with Crippen LogP contribution in [0.5, 0.6) is 0 Å². The molecule has 0 unspecified atom stereocenters. The summed E-state index contributed by atoms with van der Waals surface area (Å²) in [7, 11) is 0. The van der Waals surface area contributed by atoms with Crippen LogP contribution < -0.4 is 0 Å². The quantitative estimate of drug-likeness (QED) is 0.450. The van der Waals surface area contributed by atoms with Crippen LogP contribution in [0.1, 0.15) is 0 Å². The van der Waals surface area contributed by atoms with Gasteiger partial charge in [0.05, 0.1) is 10.2 Å². The molecular formula is C14H9NS. The van der Waals surface area contributed by atoms with Crippen molar-refractivity contribution in [2.75, 3.05) is 0 Å². The lowest BCUT2D eigenvalue weighted by molar-refractivity contribution is 1.56. The monoisotopic (exact) mass is 223 g/mol. The van der Waals surface area contributed by atoms with E-state index in [0.717, 1.165) is 0 Å². The Kier molecular flexibility index (Phi) is 1.50. The summed E-state index contributed by atoms with van der Waals surface area (Å²) in [5.41, 5.74) is 2.48. The molecule has 2 aromatic heterocycles. The summed E-state index contributed by atoms with van der Waals surface area (Å²) in [5.74, 6) is 0. The molecule has 0 aliphatic rings. The van der Waals surface area contributed by atoms with Gasteiger partial charge in [-0.1, -0.05) is 30.3 Å². The minimum absolute atomic E-state index is 1.24. The third-order valence-corrected chi connectivity index (χ3v) is 4.02. The van der Waals surface area contributed by atoms with Crippen LogP contribution in [-0.4, -0.2) is 4.98 Å². The zero-order chi connectivity index (χ0) is 10.5. The van der Waals surface area contributed by atoms with E-state index in [1.807, 2.05) is 11.3 Å². The maximum Gasteiger partial charge on any atom is 0.0604 e. The van der Waals surface area contributed by atoms with E-state index in [1.165, 1.54) is 31.9 Å². The number of benzene rings is 2. The fourth-order valence-electron chi connectivity index (χ4n) is 2.37. The second-order valence-corrected chi connectivity index (χ2v) is 4.91. The molecule has 16 heavy (non-hydrogen) atoms. The van der Waals surface area contributed by atoms with Crippen LogP contribution >= 0.6 is 11.3 Å². The fraction of sp³-hybridized carbons (Fsp3) is 0. The molecule has 0 amide bonds.